The molecule has 0 amide bonds. The Kier molecular flexibility index (Phi) is 4.60. The molecule has 2 heterocycles. The summed E-state index contributed by atoms with van der Waals surface area (Å²) in [5, 5.41) is 21.2. The molecular weight excluding hydrogens is 252 g/mol. The maximum absolute atomic E-state index is 10.5. The van der Waals surface area contributed by atoms with Crippen LogP contribution in [0, 0.1) is 0 Å². The molecule has 0 aromatic carbocycles. The van der Waals surface area contributed by atoms with Crippen LogP contribution in [0.5, 0.6) is 0 Å². The molecule has 0 aliphatic carbocycles. The Morgan fingerprint density at radius 1 is 1.61 bits per heavy atom. The van der Waals surface area contributed by atoms with Crippen LogP contribution in [0.15, 0.2) is 5.16 Å². The Morgan fingerprint density at radius 3 is 3.11 bits per heavy atom. The number of aliphatic carboxylic acids is 1. The van der Waals surface area contributed by atoms with Crippen molar-refractivity contribution >= 4 is 17.7 Å². The number of hydrogen-bond donors (Lipinski definition) is 2. The molecule has 0 unspecified atom stereocenters. The van der Waals surface area contributed by atoms with Crippen molar-refractivity contribution < 1.29 is 9.90 Å². The molecule has 18 heavy (non-hydrogen) atoms. The lowest BCUT2D eigenvalue weighted by molar-refractivity contribution is -0.136. The molecule has 6 nitrogen and oxygen atoms in total. The third kappa shape index (κ3) is 3.23. The molecule has 0 spiro atoms. The summed E-state index contributed by atoms with van der Waals surface area (Å²) in [6, 6.07) is 0. The summed E-state index contributed by atoms with van der Waals surface area (Å²) in [5.41, 5.74) is 0. The van der Waals surface area contributed by atoms with Crippen LogP contribution in [0.2, 0.25) is 0 Å². The van der Waals surface area contributed by atoms with E-state index >= 15 is 0 Å². The Bertz CT molecular complexity index is 415. The van der Waals surface area contributed by atoms with Gasteiger partial charge in [-0.3, -0.25) is 4.79 Å². The van der Waals surface area contributed by atoms with Crippen LogP contribution >= 0.6 is 11.8 Å². The zero-order valence-corrected chi connectivity index (χ0v) is 11.2. The minimum absolute atomic E-state index is 0.151. The Hall–Kier alpha value is -1.08. The molecule has 100 valence electrons. The minimum Gasteiger partial charge on any atom is -0.481 e. The number of carboxylic acids is 1. The fraction of sp³-hybridized carbons (Fsp3) is 0.727. The Balaban J connectivity index is 1.96. The summed E-state index contributed by atoms with van der Waals surface area (Å²) in [6.45, 7) is 2.03. The van der Waals surface area contributed by atoms with Crippen LogP contribution in [-0.2, 0) is 11.8 Å². The fourth-order valence-corrected chi connectivity index (χ4v) is 2.95. The number of carbonyl (C=O) groups is 1. The van der Waals surface area contributed by atoms with E-state index in [0.29, 0.717) is 11.7 Å². The predicted molar refractivity (Wildman–Crippen MR) is 68.8 cm³/mol. The molecule has 0 radical (unpaired) electrons. The van der Waals surface area contributed by atoms with Gasteiger partial charge in [0.05, 0.1) is 6.42 Å². The smallest absolute Gasteiger partial charge is 0.304 e. The van der Waals surface area contributed by atoms with E-state index in [1.807, 2.05) is 11.6 Å². The number of piperidine rings is 1. The SMILES string of the molecule is Cn1c(SCCC(=O)O)nnc1[C@H]1CCCNC1. The summed E-state index contributed by atoms with van der Waals surface area (Å²) in [4.78, 5) is 10.5. The summed E-state index contributed by atoms with van der Waals surface area (Å²) >= 11 is 1.45. The van der Waals surface area contributed by atoms with E-state index in [4.69, 9.17) is 5.11 Å². The molecule has 0 bridgehead atoms. The van der Waals surface area contributed by atoms with E-state index < -0.39 is 5.97 Å². The van der Waals surface area contributed by atoms with Gasteiger partial charge in [0, 0.05) is 25.3 Å². The number of thioether (sulfide) groups is 1. The first-order valence-corrected chi connectivity index (χ1v) is 7.11. The summed E-state index contributed by atoms with van der Waals surface area (Å²) in [6.07, 6.45) is 2.45. The van der Waals surface area contributed by atoms with Crippen molar-refractivity contribution in [1.29, 1.82) is 0 Å². The molecule has 1 atom stereocenters. The number of rotatable bonds is 5. The van der Waals surface area contributed by atoms with Crippen molar-refractivity contribution in [3.8, 4) is 0 Å². The van der Waals surface area contributed by atoms with Gasteiger partial charge in [-0.2, -0.15) is 0 Å². The van der Waals surface area contributed by atoms with Gasteiger partial charge in [0.25, 0.3) is 0 Å². The van der Waals surface area contributed by atoms with Crippen molar-refractivity contribution in [2.75, 3.05) is 18.8 Å². The van der Waals surface area contributed by atoms with Crippen LogP contribution in [-0.4, -0.2) is 44.7 Å². The van der Waals surface area contributed by atoms with Crippen LogP contribution in [0.3, 0.4) is 0 Å². The quantitative estimate of drug-likeness (QED) is 0.772. The largest absolute Gasteiger partial charge is 0.481 e. The highest BCUT2D eigenvalue weighted by Gasteiger charge is 2.21. The first-order valence-electron chi connectivity index (χ1n) is 6.13. The average Bonchev–Trinajstić information content (AvgIpc) is 2.72. The molecule has 0 saturated carbocycles. The molecule has 2 N–H and O–H groups in total. The van der Waals surface area contributed by atoms with Gasteiger partial charge in [0.1, 0.15) is 5.82 Å². The number of nitrogens with zero attached hydrogens (tertiary/aromatic N) is 3. The van der Waals surface area contributed by atoms with Gasteiger partial charge in [-0.15, -0.1) is 10.2 Å². The number of carboxylic acid groups (broad SMARTS) is 1. The molecule has 1 aromatic heterocycles. The maximum Gasteiger partial charge on any atom is 0.304 e. The molecule has 2 rings (SSSR count). The van der Waals surface area contributed by atoms with Crippen molar-refractivity contribution in [2.24, 2.45) is 7.05 Å². The lowest BCUT2D eigenvalue weighted by atomic mass is 9.99. The number of hydrogen-bond acceptors (Lipinski definition) is 5. The first-order chi connectivity index (χ1) is 8.68. The van der Waals surface area contributed by atoms with Gasteiger partial charge in [-0.05, 0) is 19.4 Å². The van der Waals surface area contributed by atoms with E-state index in [-0.39, 0.29) is 6.42 Å². The van der Waals surface area contributed by atoms with Gasteiger partial charge in [0.15, 0.2) is 5.16 Å². The second-order valence-electron chi connectivity index (χ2n) is 4.44. The van der Waals surface area contributed by atoms with E-state index in [9.17, 15) is 4.79 Å². The zero-order valence-electron chi connectivity index (χ0n) is 10.4. The third-order valence-corrected chi connectivity index (χ3v) is 4.10. The van der Waals surface area contributed by atoms with Gasteiger partial charge < -0.3 is 15.0 Å². The van der Waals surface area contributed by atoms with Crippen molar-refractivity contribution in [2.45, 2.75) is 30.3 Å². The van der Waals surface area contributed by atoms with Gasteiger partial charge in [0.2, 0.25) is 0 Å². The Labute approximate surface area is 110 Å². The lowest BCUT2D eigenvalue weighted by Crippen LogP contribution is -2.29. The molecule has 1 aliphatic heterocycles. The topological polar surface area (TPSA) is 80.0 Å². The molecule has 1 saturated heterocycles. The van der Waals surface area contributed by atoms with Crippen LogP contribution in [0.1, 0.15) is 31.0 Å². The van der Waals surface area contributed by atoms with Gasteiger partial charge >= 0.3 is 5.97 Å². The highest BCUT2D eigenvalue weighted by Crippen LogP contribution is 2.24. The predicted octanol–water partition coefficient (Wildman–Crippen LogP) is 0.849. The second kappa shape index (κ2) is 6.19. The van der Waals surface area contributed by atoms with Crippen molar-refractivity contribution in [1.82, 2.24) is 20.1 Å². The van der Waals surface area contributed by atoms with Crippen LogP contribution in [0.25, 0.3) is 0 Å². The highest BCUT2D eigenvalue weighted by molar-refractivity contribution is 7.99. The monoisotopic (exact) mass is 270 g/mol. The van der Waals surface area contributed by atoms with E-state index in [1.165, 1.54) is 18.2 Å². The van der Waals surface area contributed by atoms with Gasteiger partial charge in [-0.25, -0.2) is 0 Å². The standard InChI is InChI=1S/C11H18N4O2S/c1-15-10(8-3-2-5-12-7-8)13-14-11(15)18-6-4-9(16)17/h8,12H,2-7H2,1H3,(H,16,17)/t8-/m0/s1. The Morgan fingerprint density at radius 2 is 2.44 bits per heavy atom. The van der Waals surface area contributed by atoms with Crippen LogP contribution < -0.4 is 5.32 Å². The average molecular weight is 270 g/mol. The summed E-state index contributed by atoms with van der Waals surface area (Å²) < 4.78 is 1.99. The maximum atomic E-state index is 10.5. The molecule has 1 aromatic rings. The van der Waals surface area contributed by atoms with Crippen molar-refractivity contribution in [3.63, 3.8) is 0 Å². The van der Waals surface area contributed by atoms with Gasteiger partial charge in [-0.1, -0.05) is 11.8 Å². The fourth-order valence-electron chi connectivity index (χ4n) is 2.11. The van der Waals surface area contributed by atoms with E-state index in [2.05, 4.69) is 15.5 Å². The van der Waals surface area contributed by atoms with Crippen molar-refractivity contribution in [3.05, 3.63) is 5.82 Å². The summed E-state index contributed by atoms with van der Waals surface area (Å²) in [7, 11) is 1.95. The number of nitrogens with one attached hydrogen (secondary N) is 1. The van der Waals surface area contributed by atoms with E-state index in [0.717, 1.165) is 30.5 Å². The van der Waals surface area contributed by atoms with E-state index in [1.54, 1.807) is 0 Å². The lowest BCUT2D eigenvalue weighted by Gasteiger charge is -2.21. The third-order valence-electron chi connectivity index (χ3n) is 3.08. The molecular formula is C11H18N4O2S. The van der Waals surface area contributed by atoms with Crippen LogP contribution in [0.4, 0.5) is 0 Å². The highest BCUT2D eigenvalue weighted by atomic mass is 32.2. The molecule has 1 aliphatic rings. The zero-order chi connectivity index (χ0) is 13.0. The summed E-state index contributed by atoms with van der Waals surface area (Å²) in [5.74, 6) is 1.18. The second-order valence-corrected chi connectivity index (χ2v) is 5.50. The minimum atomic E-state index is -0.777. The molecule has 1 fully saturated rings. The number of aromatic nitrogens is 3. The first kappa shape index (κ1) is 13.4. The normalized spacial score (nSPS) is 19.9. The molecule has 7 heteroatoms.